The fourth-order valence-electron chi connectivity index (χ4n) is 0.983. The van der Waals surface area contributed by atoms with E-state index < -0.39 is 0 Å². The van der Waals surface area contributed by atoms with Crippen molar-refractivity contribution in [3.8, 4) is 0 Å². The SMILES string of the molecule is C=C(C)C(=O)OC(CC)NC(C)(C)CC. The first kappa shape index (κ1) is 14.2. The number of ether oxygens (including phenoxy) is 1. The molecule has 1 N–H and O–H groups in total. The topological polar surface area (TPSA) is 38.3 Å². The van der Waals surface area contributed by atoms with E-state index in [1.54, 1.807) is 6.92 Å². The zero-order valence-corrected chi connectivity index (χ0v) is 10.5. The van der Waals surface area contributed by atoms with E-state index in [1.165, 1.54) is 0 Å². The van der Waals surface area contributed by atoms with E-state index in [4.69, 9.17) is 4.74 Å². The first-order valence-electron chi connectivity index (χ1n) is 5.46. The van der Waals surface area contributed by atoms with Gasteiger partial charge in [-0.05, 0) is 33.6 Å². The van der Waals surface area contributed by atoms with Crippen LogP contribution in [0.1, 0.15) is 47.5 Å². The Morgan fingerprint density at radius 1 is 1.47 bits per heavy atom. The summed E-state index contributed by atoms with van der Waals surface area (Å²) >= 11 is 0. The summed E-state index contributed by atoms with van der Waals surface area (Å²) in [6, 6.07) is 0. The number of esters is 1. The molecule has 0 aliphatic carbocycles. The summed E-state index contributed by atoms with van der Waals surface area (Å²) in [7, 11) is 0. The summed E-state index contributed by atoms with van der Waals surface area (Å²) in [5, 5.41) is 3.29. The molecule has 0 aliphatic heterocycles. The third-order valence-corrected chi connectivity index (χ3v) is 2.40. The molecular weight excluding hydrogens is 190 g/mol. The van der Waals surface area contributed by atoms with Gasteiger partial charge in [-0.15, -0.1) is 0 Å². The van der Waals surface area contributed by atoms with E-state index in [2.05, 4.69) is 32.7 Å². The summed E-state index contributed by atoms with van der Waals surface area (Å²) in [6.07, 6.45) is 1.50. The van der Waals surface area contributed by atoms with Crippen LogP contribution in [0.4, 0.5) is 0 Å². The highest BCUT2D eigenvalue weighted by molar-refractivity contribution is 5.87. The molecule has 0 saturated carbocycles. The number of nitrogens with one attached hydrogen (secondary N) is 1. The third kappa shape index (κ3) is 5.57. The zero-order chi connectivity index (χ0) is 12.1. The molecular formula is C12H23NO2. The largest absolute Gasteiger partial charge is 0.443 e. The lowest BCUT2D eigenvalue weighted by Gasteiger charge is -2.30. The molecule has 0 amide bonds. The van der Waals surface area contributed by atoms with Gasteiger partial charge in [-0.1, -0.05) is 20.4 Å². The van der Waals surface area contributed by atoms with Crippen LogP contribution in [0.5, 0.6) is 0 Å². The average molecular weight is 213 g/mol. The Labute approximate surface area is 92.9 Å². The molecule has 0 aromatic rings. The second-order valence-corrected chi connectivity index (χ2v) is 4.46. The number of hydrogen-bond donors (Lipinski definition) is 1. The molecule has 1 unspecified atom stereocenters. The highest BCUT2D eigenvalue weighted by Crippen LogP contribution is 2.11. The van der Waals surface area contributed by atoms with Crippen LogP contribution in [0.15, 0.2) is 12.2 Å². The quantitative estimate of drug-likeness (QED) is 0.419. The first-order valence-corrected chi connectivity index (χ1v) is 5.46. The van der Waals surface area contributed by atoms with Gasteiger partial charge in [0.25, 0.3) is 0 Å². The predicted octanol–water partition coefficient (Wildman–Crippen LogP) is 2.62. The van der Waals surface area contributed by atoms with Crippen molar-refractivity contribution in [1.29, 1.82) is 0 Å². The van der Waals surface area contributed by atoms with Gasteiger partial charge < -0.3 is 4.74 Å². The normalized spacial score (nSPS) is 13.4. The van der Waals surface area contributed by atoms with Crippen LogP contribution < -0.4 is 5.32 Å². The molecule has 3 heteroatoms. The Balaban J connectivity index is 4.27. The molecule has 3 nitrogen and oxygen atoms in total. The zero-order valence-electron chi connectivity index (χ0n) is 10.5. The van der Waals surface area contributed by atoms with Gasteiger partial charge in [0.05, 0.1) is 0 Å². The molecule has 0 bridgehead atoms. The standard InChI is InChI=1S/C12H23NO2/c1-7-10(13-12(5,6)8-2)15-11(14)9(3)4/h10,13H,3,7-8H2,1-2,4-6H3. The van der Waals surface area contributed by atoms with Gasteiger partial charge in [0.1, 0.15) is 0 Å². The van der Waals surface area contributed by atoms with Crippen LogP contribution in [-0.2, 0) is 9.53 Å². The summed E-state index contributed by atoms with van der Waals surface area (Å²) in [6.45, 7) is 13.5. The Bertz CT molecular complexity index is 234. The van der Waals surface area contributed by atoms with Gasteiger partial charge in [0, 0.05) is 11.1 Å². The lowest BCUT2D eigenvalue weighted by molar-refractivity contribution is -0.147. The third-order valence-electron chi connectivity index (χ3n) is 2.40. The highest BCUT2D eigenvalue weighted by Gasteiger charge is 2.21. The minimum absolute atomic E-state index is 0.0178. The molecule has 1 atom stereocenters. The number of rotatable bonds is 6. The molecule has 0 heterocycles. The molecule has 0 fully saturated rings. The maximum atomic E-state index is 11.3. The molecule has 15 heavy (non-hydrogen) atoms. The summed E-state index contributed by atoms with van der Waals surface area (Å²) in [4.78, 5) is 11.3. The maximum absolute atomic E-state index is 11.3. The van der Waals surface area contributed by atoms with Crippen LogP contribution in [-0.4, -0.2) is 17.7 Å². The van der Waals surface area contributed by atoms with E-state index in [9.17, 15) is 4.79 Å². The van der Waals surface area contributed by atoms with Crippen molar-refractivity contribution in [2.24, 2.45) is 0 Å². The molecule has 0 saturated heterocycles. The van der Waals surface area contributed by atoms with Crippen molar-refractivity contribution in [1.82, 2.24) is 5.32 Å². The van der Waals surface area contributed by atoms with Crippen LogP contribution in [0, 0.1) is 0 Å². The van der Waals surface area contributed by atoms with Crippen LogP contribution >= 0.6 is 0 Å². The molecule has 0 spiro atoms. The van der Waals surface area contributed by atoms with Gasteiger partial charge >= 0.3 is 5.97 Å². The minimum Gasteiger partial charge on any atom is -0.443 e. The van der Waals surface area contributed by atoms with Gasteiger partial charge in [-0.25, -0.2) is 4.79 Å². The van der Waals surface area contributed by atoms with Crippen molar-refractivity contribution in [3.63, 3.8) is 0 Å². The average Bonchev–Trinajstić information content (AvgIpc) is 2.16. The first-order chi connectivity index (χ1) is 6.82. The molecule has 0 radical (unpaired) electrons. The van der Waals surface area contributed by atoms with Crippen molar-refractivity contribution in [3.05, 3.63) is 12.2 Å². The van der Waals surface area contributed by atoms with Crippen molar-refractivity contribution < 1.29 is 9.53 Å². The molecule has 0 aromatic carbocycles. The Morgan fingerprint density at radius 3 is 2.33 bits per heavy atom. The van der Waals surface area contributed by atoms with E-state index in [0.29, 0.717) is 5.57 Å². The fraction of sp³-hybridized carbons (Fsp3) is 0.750. The van der Waals surface area contributed by atoms with E-state index in [0.717, 1.165) is 12.8 Å². The molecule has 0 rings (SSSR count). The van der Waals surface area contributed by atoms with Crippen LogP contribution in [0.2, 0.25) is 0 Å². The molecule has 88 valence electrons. The van der Waals surface area contributed by atoms with Crippen LogP contribution in [0.3, 0.4) is 0 Å². The summed E-state index contributed by atoms with van der Waals surface area (Å²) in [5.41, 5.74) is 0.417. The molecule has 0 aromatic heterocycles. The predicted molar refractivity (Wildman–Crippen MR) is 62.5 cm³/mol. The van der Waals surface area contributed by atoms with E-state index >= 15 is 0 Å². The summed E-state index contributed by atoms with van der Waals surface area (Å²) < 4.78 is 5.25. The Hall–Kier alpha value is -0.830. The molecule has 0 aliphatic rings. The van der Waals surface area contributed by atoms with E-state index in [1.807, 2.05) is 6.92 Å². The monoisotopic (exact) mass is 213 g/mol. The van der Waals surface area contributed by atoms with Gasteiger partial charge in [0.15, 0.2) is 6.23 Å². The number of carbonyl (C=O) groups excluding carboxylic acids is 1. The second-order valence-electron chi connectivity index (χ2n) is 4.46. The van der Waals surface area contributed by atoms with Crippen LogP contribution in [0.25, 0.3) is 0 Å². The smallest absolute Gasteiger partial charge is 0.334 e. The van der Waals surface area contributed by atoms with Gasteiger partial charge in [0.2, 0.25) is 0 Å². The van der Waals surface area contributed by atoms with E-state index in [-0.39, 0.29) is 17.7 Å². The fourth-order valence-corrected chi connectivity index (χ4v) is 0.983. The van der Waals surface area contributed by atoms with Gasteiger partial charge in [-0.2, -0.15) is 0 Å². The Kier molecular flexibility index (Phi) is 5.58. The van der Waals surface area contributed by atoms with Crippen molar-refractivity contribution in [2.75, 3.05) is 0 Å². The maximum Gasteiger partial charge on any atom is 0.334 e. The minimum atomic E-state index is -0.332. The number of hydrogen-bond acceptors (Lipinski definition) is 3. The van der Waals surface area contributed by atoms with Gasteiger partial charge in [-0.3, -0.25) is 5.32 Å². The summed E-state index contributed by atoms with van der Waals surface area (Å²) in [5.74, 6) is -0.332. The lowest BCUT2D eigenvalue weighted by Crippen LogP contribution is -2.47. The number of carbonyl (C=O) groups is 1. The lowest BCUT2D eigenvalue weighted by atomic mass is 10.0. The Morgan fingerprint density at radius 2 is 2.00 bits per heavy atom. The van der Waals surface area contributed by atoms with Crippen molar-refractivity contribution in [2.45, 2.75) is 59.2 Å². The second kappa shape index (κ2) is 5.91. The van der Waals surface area contributed by atoms with Crippen molar-refractivity contribution >= 4 is 5.97 Å². The highest BCUT2D eigenvalue weighted by atomic mass is 16.6.